The molecule has 1 amide bonds. The van der Waals surface area contributed by atoms with Crippen LogP contribution < -0.4 is 9.80 Å². The van der Waals surface area contributed by atoms with E-state index in [1.807, 2.05) is 23.1 Å². The average Bonchev–Trinajstić information content (AvgIpc) is 3.04. The van der Waals surface area contributed by atoms with E-state index in [1.54, 1.807) is 11.3 Å². The fraction of sp³-hybridized carbons (Fsp3) is 0.391. The monoisotopic (exact) mass is 396 g/mol. The van der Waals surface area contributed by atoms with Gasteiger partial charge >= 0.3 is 0 Å². The fourth-order valence-corrected chi connectivity index (χ4v) is 4.43. The van der Waals surface area contributed by atoms with Crippen LogP contribution >= 0.6 is 11.3 Å². The molecule has 0 radical (unpaired) electrons. The summed E-state index contributed by atoms with van der Waals surface area (Å²) in [7, 11) is 4.28. The van der Waals surface area contributed by atoms with Gasteiger partial charge in [-0.25, -0.2) is 4.98 Å². The summed E-state index contributed by atoms with van der Waals surface area (Å²) >= 11 is 1.62. The summed E-state index contributed by atoms with van der Waals surface area (Å²) in [6.07, 6.45) is 0.937. The number of nitrogens with one attached hydrogen (secondary N) is 1. The van der Waals surface area contributed by atoms with Crippen LogP contribution in [0, 0.1) is 27.7 Å². The summed E-state index contributed by atoms with van der Waals surface area (Å²) in [4.78, 5) is 21.5. The molecule has 1 N–H and O–H groups in total. The summed E-state index contributed by atoms with van der Waals surface area (Å²) in [5.74, 6) is 0.0327. The van der Waals surface area contributed by atoms with Crippen LogP contribution in [-0.2, 0) is 0 Å². The summed E-state index contributed by atoms with van der Waals surface area (Å²) < 4.78 is 1.16. The fourth-order valence-electron chi connectivity index (χ4n) is 3.39. The Morgan fingerprint density at radius 3 is 2.46 bits per heavy atom. The first-order valence-electron chi connectivity index (χ1n) is 9.82. The van der Waals surface area contributed by atoms with Gasteiger partial charge in [-0.15, -0.1) is 0 Å². The van der Waals surface area contributed by atoms with Crippen molar-refractivity contribution in [2.45, 2.75) is 34.1 Å². The predicted octanol–water partition coefficient (Wildman–Crippen LogP) is 3.71. The SMILES string of the molecule is Cc1cc(C)c2sc(N(CCC[NH+](C)C)C(=O)c3ccc(C)c(C)c3)nc2c1. The molecule has 28 heavy (non-hydrogen) atoms. The lowest BCUT2D eigenvalue weighted by Crippen LogP contribution is -3.05. The van der Waals surface area contributed by atoms with Gasteiger partial charge < -0.3 is 4.90 Å². The molecule has 0 saturated heterocycles. The van der Waals surface area contributed by atoms with Gasteiger partial charge in [0, 0.05) is 18.5 Å². The smallest absolute Gasteiger partial charge is 0.260 e. The molecule has 0 atom stereocenters. The Morgan fingerprint density at radius 1 is 1.04 bits per heavy atom. The molecule has 0 aliphatic heterocycles. The third-order valence-corrected chi connectivity index (χ3v) is 6.33. The number of nitrogens with zero attached hydrogens (tertiary/aromatic N) is 2. The van der Waals surface area contributed by atoms with Crippen molar-refractivity contribution in [2.24, 2.45) is 0 Å². The van der Waals surface area contributed by atoms with Crippen LogP contribution in [0.25, 0.3) is 10.2 Å². The van der Waals surface area contributed by atoms with E-state index >= 15 is 0 Å². The lowest BCUT2D eigenvalue weighted by Gasteiger charge is -2.21. The van der Waals surface area contributed by atoms with Crippen LogP contribution in [-0.4, -0.2) is 38.1 Å². The van der Waals surface area contributed by atoms with E-state index < -0.39 is 0 Å². The van der Waals surface area contributed by atoms with E-state index in [2.05, 4.69) is 53.9 Å². The summed E-state index contributed by atoms with van der Waals surface area (Å²) in [5.41, 5.74) is 6.46. The first-order chi connectivity index (χ1) is 13.3. The molecule has 148 valence electrons. The van der Waals surface area contributed by atoms with Gasteiger partial charge in [-0.2, -0.15) is 0 Å². The van der Waals surface area contributed by atoms with Gasteiger partial charge in [0.05, 0.1) is 30.9 Å². The first kappa shape index (κ1) is 20.5. The van der Waals surface area contributed by atoms with E-state index in [-0.39, 0.29) is 5.91 Å². The Bertz CT molecular complexity index is 1010. The molecule has 3 aromatic rings. The number of aryl methyl sites for hydroxylation is 4. The molecule has 4 nitrogen and oxygen atoms in total. The maximum Gasteiger partial charge on any atom is 0.260 e. The number of carbonyl (C=O) groups excluding carboxylic acids is 1. The van der Waals surface area contributed by atoms with Gasteiger partial charge in [0.25, 0.3) is 5.91 Å². The van der Waals surface area contributed by atoms with Gasteiger partial charge in [0.1, 0.15) is 0 Å². The average molecular weight is 397 g/mol. The van der Waals surface area contributed by atoms with Gasteiger partial charge in [0.2, 0.25) is 0 Å². The highest BCUT2D eigenvalue weighted by Crippen LogP contribution is 2.33. The van der Waals surface area contributed by atoms with Crippen molar-refractivity contribution in [1.82, 2.24) is 4.98 Å². The van der Waals surface area contributed by atoms with Crippen LogP contribution in [0.15, 0.2) is 30.3 Å². The van der Waals surface area contributed by atoms with E-state index in [9.17, 15) is 4.79 Å². The van der Waals surface area contributed by atoms with E-state index in [0.717, 1.165) is 39.4 Å². The molecule has 0 saturated carbocycles. The Labute approximate surface area is 171 Å². The molecule has 0 spiro atoms. The Balaban J connectivity index is 1.99. The maximum absolute atomic E-state index is 13.4. The molecule has 0 unspecified atom stereocenters. The van der Waals surface area contributed by atoms with Gasteiger partial charge in [-0.1, -0.05) is 23.5 Å². The maximum atomic E-state index is 13.4. The second-order valence-corrected chi connectivity index (χ2v) is 8.97. The van der Waals surface area contributed by atoms with Crippen LogP contribution in [0.5, 0.6) is 0 Å². The quantitative estimate of drug-likeness (QED) is 0.690. The zero-order valence-electron chi connectivity index (χ0n) is 17.7. The summed E-state index contributed by atoms with van der Waals surface area (Å²) in [6.45, 7) is 10.0. The number of benzene rings is 2. The number of rotatable bonds is 6. The van der Waals surface area contributed by atoms with Gasteiger partial charge in [-0.05, 0) is 68.1 Å². The molecule has 0 aliphatic carbocycles. The minimum atomic E-state index is 0.0327. The minimum Gasteiger partial charge on any atom is -0.340 e. The van der Waals surface area contributed by atoms with Crippen LogP contribution in [0.3, 0.4) is 0 Å². The predicted molar refractivity (Wildman–Crippen MR) is 119 cm³/mol. The first-order valence-corrected chi connectivity index (χ1v) is 10.6. The van der Waals surface area contributed by atoms with E-state index in [4.69, 9.17) is 4.98 Å². The highest BCUT2D eigenvalue weighted by Gasteiger charge is 2.22. The zero-order valence-corrected chi connectivity index (χ0v) is 18.5. The van der Waals surface area contributed by atoms with Crippen molar-refractivity contribution in [3.63, 3.8) is 0 Å². The van der Waals surface area contributed by atoms with Crippen molar-refractivity contribution in [3.8, 4) is 0 Å². The molecule has 0 bridgehead atoms. The number of quaternary nitrogens is 1. The zero-order chi connectivity index (χ0) is 20.4. The van der Waals surface area contributed by atoms with Crippen molar-refractivity contribution < 1.29 is 9.69 Å². The van der Waals surface area contributed by atoms with Gasteiger partial charge in [-0.3, -0.25) is 9.69 Å². The number of aromatic nitrogens is 1. The van der Waals surface area contributed by atoms with Gasteiger partial charge in [0.15, 0.2) is 5.13 Å². The van der Waals surface area contributed by atoms with Crippen molar-refractivity contribution in [1.29, 1.82) is 0 Å². The second-order valence-electron chi connectivity index (χ2n) is 7.99. The number of carbonyl (C=O) groups is 1. The minimum absolute atomic E-state index is 0.0327. The van der Waals surface area contributed by atoms with E-state index in [0.29, 0.717) is 6.54 Å². The van der Waals surface area contributed by atoms with E-state index in [1.165, 1.54) is 21.6 Å². The highest BCUT2D eigenvalue weighted by atomic mass is 32.1. The summed E-state index contributed by atoms with van der Waals surface area (Å²) in [5, 5.41) is 0.792. The molecule has 3 rings (SSSR count). The topological polar surface area (TPSA) is 37.6 Å². The van der Waals surface area contributed by atoms with Crippen LogP contribution in [0.2, 0.25) is 0 Å². The molecule has 1 heterocycles. The standard InChI is InChI=1S/C23H29N3OS/c1-15-12-18(4)21-20(13-15)24-23(28-21)26(11-7-10-25(5)6)22(27)19-9-8-16(2)17(3)14-19/h8-9,12-14H,7,10-11H2,1-6H3/p+1. The molecular weight excluding hydrogens is 366 g/mol. The molecule has 1 aromatic heterocycles. The lowest BCUT2D eigenvalue weighted by molar-refractivity contribution is -0.858. The molecule has 5 heteroatoms. The summed E-state index contributed by atoms with van der Waals surface area (Å²) in [6, 6.07) is 10.2. The van der Waals surface area contributed by atoms with Crippen LogP contribution in [0.4, 0.5) is 5.13 Å². The molecular formula is C23H30N3OS+. The number of hydrogen-bond donors (Lipinski definition) is 1. The van der Waals surface area contributed by atoms with Crippen molar-refractivity contribution in [2.75, 3.05) is 32.1 Å². The number of fused-ring (bicyclic) bond motifs is 1. The number of thiazole rings is 1. The second kappa shape index (κ2) is 8.41. The molecule has 2 aromatic carbocycles. The molecule has 0 aliphatic rings. The Morgan fingerprint density at radius 2 is 1.79 bits per heavy atom. The third kappa shape index (κ3) is 4.42. The largest absolute Gasteiger partial charge is 0.340 e. The Hall–Kier alpha value is -2.24. The van der Waals surface area contributed by atoms with Crippen molar-refractivity contribution in [3.05, 3.63) is 58.1 Å². The highest BCUT2D eigenvalue weighted by molar-refractivity contribution is 7.22. The number of amides is 1. The lowest BCUT2D eigenvalue weighted by atomic mass is 10.1. The third-order valence-electron chi connectivity index (χ3n) is 5.10. The Kier molecular flexibility index (Phi) is 6.16. The normalized spacial score (nSPS) is 11.4. The van der Waals surface area contributed by atoms with Crippen LogP contribution in [0.1, 0.15) is 39.0 Å². The van der Waals surface area contributed by atoms with Crippen molar-refractivity contribution >= 4 is 32.6 Å². The molecule has 0 fully saturated rings. The number of hydrogen-bond acceptors (Lipinski definition) is 3. The number of anilines is 1.